The van der Waals surface area contributed by atoms with Crippen molar-refractivity contribution < 1.29 is 0 Å². The Morgan fingerprint density at radius 1 is 1.20 bits per heavy atom. The van der Waals surface area contributed by atoms with Gasteiger partial charge in [0.05, 0.1) is 18.3 Å². The van der Waals surface area contributed by atoms with E-state index in [1.165, 1.54) is 16.0 Å². The summed E-state index contributed by atoms with van der Waals surface area (Å²) in [5.41, 5.74) is 3.73. The number of benzene rings is 1. The van der Waals surface area contributed by atoms with Crippen molar-refractivity contribution >= 4 is 41.3 Å². The van der Waals surface area contributed by atoms with Crippen LogP contribution in [0.3, 0.4) is 0 Å². The van der Waals surface area contributed by atoms with Crippen LogP contribution in [0.2, 0.25) is 0 Å². The summed E-state index contributed by atoms with van der Waals surface area (Å²) in [6.45, 7) is 12.0. The number of thiazole rings is 1. The second-order valence-electron chi connectivity index (χ2n) is 5.91. The lowest BCUT2D eigenvalue weighted by Crippen LogP contribution is -2.38. The molecule has 0 amide bonds. The Morgan fingerprint density at radius 3 is 2.40 bits per heavy atom. The van der Waals surface area contributed by atoms with Gasteiger partial charge in [-0.1, -0.05) is 31.2 Å². The summed E-state index contributed by atoms with van der Waals surface area (Å²) < 4.78 is 0. The normalized spacial score (nSPS) is 12.4. The van der Waals surface area contributed by atoms with Crippen molar-refractivity contribution in [1.29, 1.82) is 0 Å². The first kappa shape index (κ1) is 21.9. The molecule has 1 heterocycles. The second kappa shape index (κ2) is 10.8. The number of aromatic nitrogens is 1. The first-order valence-corrected chi connectivity index (χ1v) is 9.41. The van der Waals surface area contributed by atoms with Crippen LogP contribution in [-0.2, 0) is 13.0 Å². The van der Waals surface area contributed by atoms with Gasteiger partial charge in [-0.05, 0) is 45.2 Å². The molecule has 1 atom stereocenters. The minimum atomic E-state index is 0. The van der Waals surface area contributed by atoms with Crippen LogP contribution in [0.15, 0.2) is 29.3 Å². The lowest BCUT2D eigenvalue weighted by Gasteiger charge is -2.18. The standard InChI is InChI=1S/C19H28N4S.HI/c1-6-16-8-10-17(11-9-16)14(4)23-19(20-7-2)21-12-18-22-13(3)15(5)24-18;/h8-11,14H,6-7,12H2,1-5H3,(H2,20,21,23);1H. The molecule has 0 radical (unpaired) electrons. The van der Waals surface area contributed by atoms with Gasteiger partial charge in [-0.2, -0.15) is 0 Å². The van der Waals surface area contributed by atoms with E-state index in [0.29, 0.717) is 6.54 Å². The molecule has 2 rings (SSSR count). The van der Waals surface area contributed by atoms with Crippen LogP contribution in [0.25, 0.3) is 0 Å². The van der Waals surface area contributed by atoms with E-state index < -0.39 is 0 Å². The number of halogens is 1. The Kier molecular flexibility index (Phi) is 9.42. The average Bonchev–Trinajstić information content (AvgIpc) is 2.91. The topological polar surface area (TPSA) is 49.3 Å². The van der Waals surface area contributed by atoms with Gasteiger partial charge in [0.2, 0.25) is 0 Å². The maximum atomic E-state index is 4.68. The van der Waals surface area contributed by atoms with Crippen molar-refractivity contribution in [2.45, 2.75) is 53.6 Å². The maximum absolute atomic E-state index is 4.68. The summed E-state index contributed by atoms with van der Waals surface area (Å²) in [7, 11) is 0. The van der Waals surface area contributed by atoms with Gasteiger partial charge in [0.1, 0.15) is 5.01 Å². The van der Waals surface area contributed by atoms with Crippen LogP contribution < -0.4 is 10.6 Å². The van der Waals surface area contributed by atoms with Gasteiger partial charge >= 0.3 is 0 Å². The second-order valence-corrected chi connectivity index (χ2v) is 7.19. The molecule has 4 nitrogen and oxygen atoms in total. The van der Waals surface area contributed by atoms with E-state index in [4.69, 9.17) is 0 Å². The predicted molar refractivity (Wildman–Crippen MR) is 119 cm³/mol. The van der Waals surface area contributed by atoms with E-state index in [9.17, 15) is 0 Å². The Morgan fingerprint density at radius 2 is 1.88 bits per heavy atom. The summed E-state index contributed by atoms with van der Waals surface area (Å²) in [6, 6.07) is 8.96. The first-order valence-electron chi connectivity index (χ1n) is 8.60. The fraction of sp³-hybridized carbons (Fsp3) is 0.474. The van der Waals surface area contributed by atoms with Gasteiger partial charge in [-0.15, -0.1) is 35.3 Å². The van der Waals surface area contributed by atoms with Crippen molar-refractivity contribution in [3.63, 3.8) is 0 Å². The number of hydrogen-bond acceptors (Lipinski definition) is 3. The first-order chi connectivity index (χ1) is 11.5. The quantitative estimate of drug-likeness (QED) is 0.362. The van der Waals surface area contributed by atoms with E-state index in [-0.39, 0.29) is 30.0 Å². The zero-order valence-corrected chi connectivity index (χ0v) is 18.9. The predicted octanol–water partition coefficient (Wildman–Crippen LogP) is 4.76. The summed E-state index contributed by atoms with van der Waals surface area (Å²) in [5, 5.41) is 7.85. The van der Waals surface area contributed by atoms with Crippen molar-refractivity contribution in [1.82, 2.24) is 15.6 Å². The van der Waals surface area contributed by atoms with Gasteiger partial charge in [-0.25, -0.2) is 9.98 Å². The summed E-state index contributed by atoms with van der Waals surface area (Å²) in [6.07, 6.45) is 1.07. The average molecular weight is 472 g/mol. The number of hydrogen-bond donors (Lipinski definition) is 2. The number of aryl methyl sites for hydroxylation is 3. The lowest BCUT2D eigenvalue weighted by molar-refractivity contribution is 0.686. The highest BCUT2D eigenvalue weighted by Gasteiger charge is 2.09. The molecule has 2 aromatic rings. The van der Waals surface area contributed by atoms with Crippen LogP contribution in [0.1, 0.15) is 53.5 Å². The van der Waals surface area contributed by atoms with Crippen LogP contribution in [0.4, 0.5) is 0 Å². The molecule has 1 unspecified atom stereocenters. The Labute approximate surface area is 172 Å². The molecule has 0 saturated heterocycles. The molecule has 6 heteroatoms. The van der Waals surface area contributed by atoms with E-state index >= 15 is 0 Å². The molecule has 0 fully saturated rings. The lowest BCUT2D eigenvalue weighted by atomic mass is 10.1. The third-order valence-corrected chi connectivity index (χ3v) is 5.09. The molecule has 2 N–H and O–H groups in total. The molecular weight excluding hydrogens is 443 g/mol. The highest BCUT2D eigenvalue weighted by molar-refractivity contribution is 14.0. The molecule has 25 heavy (non-hydrogen) atoms. The van der Waals surface area contributed by atoms with E-state index in [2.05, 4.69) is 72.6 Å². The summed E-state index contributed by atoms with van der Waals surface area (Å²) in [5.74, 6) is 0.829. The highest BCUT2D eigenvalue weighted by Crippen LogP contribution is 2.17. The van der Waals surface area contributed by atoms with Gasteiger partial charge in [0.25, 0.3) is 0 Å². The zero-order chi connectivity index (χ0) is 17.5. The molecule has 0 aliphatic heterocycles. The maximum Gasteiger partial charge on any atom is 0.192 e. The molecule has 1 aromatic carbocycles. The molecular formula is C19H29IN4S. The Bertz CT molecular complexity index is 660. The van der Waals surface area contributed by atoms with Crippen molar-refractivity contribution in [3.8, 4) is 0 Å². The minimum Gasteiger partial charge on any atom is -0.357 e. The Hall–Kier alpha value is -1.15. The van der Waals surface area contributed by atoms with Gasteiger partial charge in [-0.3, -0.25) is 0 Å². The van der Waals surface area contributed by atoms with Crippen molar-refractivity contribution in [2.24, 2.45) is 4.99 Å². The Balaban J connectivity index is 0.00000312. The van der Waals surface area contributed by atoms with Crippen LogP contribution in [0, 0.1) is 13.8 Å². The molecule has 0 spiro atoms. The third kappa shape index (κ3) is 6.58. The van der Waals surface area contributed by atoms with Gasteiger partial charge in [0, 0.05) is 11.4 Å². The number of guanidine groups is 1. The molecule has 0 aliphatic rings. The summed E-state index contributed by atoms with van der Waals surface area (Å²) in [4.78, 5) is 10.5. The number of aliphatic imine (C=N–C) groups is 1. The van der Waals surface area contributed by atoms with E-state index in [0.717, 1.165) is 29.6 Å². The molecule has 0 saturated carbocycles. The van der Waals surface area contributed by atoms with Crippen molar-refractivity contribution in [2.75, 3.05) is 6.54 Å². The van der Waals surface area contributed by atoms with E-state index in [1.807, 2.05) is 6.92 Å². The molecule has 1 aromatic heterocycles. The van der Waals surface area contributed by atoms with Crippen LogP contribution >= 0.6 is 35.3 Å². The zero-order valence-electron chi connectivity index (χ0n) is 15.7. The van der Waals surface area contributed by atoms with Crippen molar-refractivity contribution in [3.05, 3.63) is 51.0 Å². The third-order valence-electron chi connectivity index (χ3n) is 4.03. The SMILES string of the molecule is CCNC(=NCc1nc(C)c(C)s1)NC(C)c1ccc(CC)cc1.I. The fourth-order valence-corrected chi connectivity index (χ4v) is 3.26. The molecule has 0 bridgehead atoms. The monoisotopic (exact) mass is 472 g/mol. The summed E-state index contributed by atoms with van der Waals surface area (Å²) >= 11 is 1.72. The molecule has 138 valence electrons. The van der Waals surface area contributed by atoms with Crippen LogP contribution in [0.5, 0.6) is 0 Å². The fourth-order valence-electron chi connectivity index (χ4n) is 2.40. The molecule has 0 aliphatic carbocycles. The van der Waals surface area contributed by atoms with E-state index in [1.54, 1.807) is 11.3 Å². The van der Waals surface area contributed by atoms with Crippen LogP contribution in [-0.4, -0.2) is 17.5 Å². The highest BCUT2D eigenvalue weighted by atomic mass is 127. The largest absolute Gasteiger partial charge is 0.357 e. The number of rotatable bonds is 6. The number of nitrogens with one attached hydrogen (secondary N) is 2. The van der Waals surface area contributed by atoms with Gasteiger partial charge in [0.15, 0.2) is 5.96 Å². The number of nitrogens with zero attached hydrogens (tertiary/aromatic N) is 2. The van der Waals surface area contributed by atoms with Gasteiger partial charge < -0.3 is 10.6 Å². The smallest absolute Gasteiger partial charge is 0.192 e. The minimum absolute atomic E-state index is 0.